The Kier molecular flexibility index (Phi) is 4.24. The molecule has 0 saturated heterocycles. The van der Waals surface area contributed by atoms with E-state index < -0.39 is 0 Å². The Morgan fingerprint density at radius 3 is 2.27 bits per heavy atom. The molecular formula is C21H20O. The number of rotatable bonds is 5. The van der Waals surface area contributed by atoms with E-state index in [-0.39, 0.29) is 0 Å². The third-order valence-electron chi connectivity index (χ3n) is 3.97. The first-order valence-electron chi connectivity index (χ1n) is 7.58. The molecule has 0 amide bonds. The minimum atomic E-state index is 0.886. The maximum atomic E-state index is 5.21. The number of aryl methyl sites for hydroxylation is 1. The van der Waals surface area contributed by atoms with E-state index in [2.05, 4.69) is 55.1 Å². The summed E-state index contributed by atoms with van der Waals surface area (Å²) >= 11 is 0. The van der Waals surface area contributed by atoms with Crippen LogP contribution in [0.1, 0.15) is 12.0 Å². The number of hydrogen-bond acceptors (Lipinski definition) is 1. The fourth-order valence-electron chi connectivity index (χ4n) is 2.68. The number of allylic oxidation sites excluding steroid dienone is 1. The van der Waals surface area contributed by atoms with Crippen molar-refractivity contribution in [1.82, 2.24) is 0 Å². The minimum Gasteiger partial charge on any atom is -0.497 e. The molecule has 0 N–H and O–H groups in total. The lowest BCUT2D eigenvalue weighted by Gasteiger charge is -2.07. The van der Waals surface area contributed by atoms with Gasteiger partial charge < -0.3 is 4.74 Å². The van der Waals surface area contributed by atoms with E-state index in [9.17, 15) is 0 Å². The highest BCUT2D eigenvalue weighted by Crippen LogP contribution is 2.27. The Morgan fingerprint density at radius 2 is 1.55 bits per heavy atom. The minimum absolute atomic E-state index is 0.886. The lowest BCUT2D eigenvalue weighted by molar-refractivity contribution is 0.415. The summed E-state index contributed by atoms with van der Waals surface area (Å²) in [5.74, 6) is 0.886. The predicted molar refractivity (Wildman–Crippen MR) is 94.5 cm³/mol. The monoisotopic (exact) mass is 288 g/mol. The van der Waals surface area contributed by atoms with Gasteiger partial charge in [-0.3, -0.25) is 0 Å². The van der Waals surface area contributed by atoms with Gasteiger partial charge in [-0.05, 0) is 58.5 Å². The lowest BCUT2D eigenvalue weighted by atomic mass is 9.99. The second-order valence-electron chi connectivity index (χ2n) is 5.45. The third kappa shape index (κ3) is 3.04. The summed E-state index contributed by atoms with van der Waals surface area (Å²) in [6, 6.07) is 21.5. The Bertz CT molecular complexity index is 785. The number of ether oxygens (including phenoxy) is 1. The summed E-state index contributed by atoms with van der Waals surface area (Å²) in [6.07, 6.45) is 4.05. The molecule has 0 atom stereocenters. The smallest absolute Gasteiger partial charge is 0.118 e. The second-order valence-corrected chi connectivity index (χ2v) is 5.45. The van der Waals surface area contributed by atoms with Crippen molar-refractivity contribution >= 4 is 10.8 Å². The van der Waals surface area contributed by atoms with Crippen LogP contribution in [0.5, 0.6) is 5.75 Å². The predicted octanol–water partition coefficient (Wildman–Crippen LogP) is 5.63. The summed E-state index contributed by atoms with van der Waals surface area (Å²) in [5.41, 5.74) is 3.80. The normalized spacial score (nSPS) is 10.6. The molecule has 1 nitrogen and oxygen atoms in total. The average Bonchev–Trinajstić information content (AvgIpc) is 2.59. The summed E-state index contributed by atoms with van der Waals surface area (Å²) in [6.45, 7) is 3.79. The fraction of sp³-hybridized carbons (Fsp3) is 0.143. The Morgan fingerprint density at radius 1 is 0.864 bits per heavy atom. The molecule has 1 heteroatoms. The van der Waals surface area contributed by atoms with Crippen molar-refractivity contribution in [3.05, 3.63) is 78.9 Å². The van der Waals surface area contributed by atoms with Crippen LogP contribution in [0.2, 0.25) is 0 Å². The Hall–Kier alpha value is -2.54. The van der Waals surface area contributed by atoms with E-state index in [1.54, 1.807) is 7.11 Å². The first-order valence-corrected chi connectivity index (χ1v) is 7.58. The van der Waals surface area contributed by atoms with E-state index in [1.807, 2.05) is 18.2 Å². The molecule has 0 spiro atoms. The zero-order valence-electron chi connectivity index (χ0n) is 12.9. The van der Waals surface area contributed by atoms with Gasteiger partial charge in [0, 0.05) is 0 Å². The SMILES string of the molecule is C=CCCc1ccc2cc(-c3ccc(OC)cc3)ccc2c1. The van der Waals surface area contributed by atoms with Crippen molar-refractivity contribution in [1.29, 1.82) is 0 Å². The lowest BCUT2D eigenvalue weighted by Crippen LogP contribution is -1.85. The molecule has 0 fully saturated rings. The largest absolute Gasteiger partial charge is 0.497 e. The molecule has 22 heavy (non-hydrogen) atoms. The molecule has 3 aromatic rings. The van der Waals surface area contributed by atoms with Gasteiger partial charge in [0.1, 0.15) is 5.75 Å². The van der Waals surface area contributed by atoms with E-state index >= 15 is 0 Å². The van der Waals surface area contributed by atoms with E-state index in [0.717, 1.165) is 18.6 Å². The molecule has 0 aliphatic heterocycles. The quantitative estimate of drug-likeness (QED) is 0.552. The molecular weight excluding hydrogens is 268 g/mol. The van der Waals surface area contributed by atoms with Crippen molar-refractivity contribution in [3.8, 4) is 16.9 Å². The van der Waals surface area contributed by atoms with Crippen LogP contribution in [0.25, 0.3) is 21.9 Å². The van der Waals surface area contributed by atoms with Gasteiger partial charge >= 0.3 is 0 Å². The summed E-state index contributed by atoms with van der Waals surface area (Å²) < 4.78 is 5.21. The van der Waals surface area contributed by atoms with Crippen molar-refractivity contribution in [2.75, 3.05) is 7.11 Å². The first-order chi connectivity index (χ1) is 10.8. The molecule has 3 rings (SSSR count). The zero-order valence-corrected chi connectivity index (χ0v) is 12.9. The highest BCUT2D eigenvalue weighted by molar-refractivity contribution is 5.87. The molecule has 3 aromatic carbocycles. The van der Waals surface area contributed by atoms with Crippen LogP contribution in [0, 0.1) is 0 Å². The standard InChI is InChI=1S/C21H20O/c1-3-4-5-16-6-7-20-15-19(9-8-18(20)14-16)17-10-12-21(22-2)13-11-17/h3,6-15H,1,4-5H2,2H3. The van der Waals surface area contributed by atoms with Crippen LogP contribution >= 0.6 is 0 Å². The van der Waals surface area contributed by atoms with Gasteiger partial charge in [-0.25, -0.2) is 0 Å². The second kappa shape index (κ2) is 6.48. The van der Waals surface area contributed by atoms with Gasteiger partial charge in [0.2, 0.25) is 0 Å². The van der Waals surface area contributed by atoms with Gasteiger partial charge in [0.05, 0.1) is 7.11 Å². The van der Waals surface area contributed by atoms with E-state index in [0.29, 0.717) is 0 Å². The Labute approximate surface area is 131 Å². The number of fused-ring (bicyclic) bond motifs is 1. The highest BCUT2D eigenvalue weighted by Gasteiger charge is 2.02. The molecule has 0 saturated carbocycles. The van der Waals surface area contributed by atoms with Crippen LogP contribution in [-0.2, 0) is 6.42 Å². The van der Waals surface area contributed by atoms with Crippen molar-refractivity contribution in [3.63, 3.8) is 0 Å². The summed E-state index contributed by atoms with van der Waals surface area (Å²) in [5, 5.41) is 2.56. The molecule has 0 heterocycles. The van der Waals surface area contributed by atoms with Gasteiger partial charge in [-0.2, -0.15) is 0 Å². The van der Waals surface area contributed by atoms with E-state index in [4.69, 9.17) is 4.74 Å². The third-order valence-corrected chi connectivity index (χ3v) is 3.97. The molecule has 0 bridgehead atoms. The molecule has 0 unspecified atom stereocenters. The zero-order chi connectivity index (χ0) is 15.4. The van der Waals surface area contributed by atoms with Crippen molar-refractivity contribution in [2.45, 2.75) is 12.8 Å². The van der Waals surface area contributed by atoms with Crippen molar-refractivity contribution < 1.29 is 4.74 Å². The molecule has 0 aliphatic carbocycles. The van der Waals surface area contributed by atoms with Crippen LogP contribution in [0.15, 0.2) is 73.3 Å². The molecule has 0 aromatic heterocycles. The van der Waals surface area contributed by atoms with Crippen molar-refractivity contribution in [2.24, 2.45) is 0 Å². The maximum absolute atomic E-state index is 5.21. The highest BCUT2D eigenvalue weighted by atomic mass is 16.5. The van der Waals surface area contributed by atoms with Crippen LogP contribution in [0.4, 0.5) is 0 Å². The maximum Gasteiger partial charge on any atom is 0.118 e. The molecule has 110 valence electrons. The van der Waals surface area contributed by atoms with Gasteiger partial charge in [0.25, 0.3) is 0 Å². The first kappa shape index (κ1) is 14.4. The molecule has 0 radical (unpaired) electrons. The fourth-order valence-corrected chi connectivity index (χ4v) is 2.68. The van der Waals surface area contributed by atoms with Gasteiger partial charge in [0.15, 0.2) is 0 Å². The summed E-state index contributed by atoms with van der Waals surface area (Å²) in [7, 11) is 1.69. The van der Waals surface area contributed by atoms with Gasteiger partial charge in [-0.15, -0.1) is 6.58 Å². The molecule has 0 aliphatic rings. The number of benzene rings is 3. The average molecular weight is 288 g/mol. The van der Waals surface area contributed by atoms with Crippen LogP contribution < -0.4 is 4.74 Å². The van der Waals surface area contributed by atoms with Gasteiger partial charge in [-0.1, -0.05) is 48.5 Å². The number of hydrogen-bond donors (Lipinski definition) is 0. The Balaban J connectivity index is 1.93. The van der Waals surface area contributed by atoms with E-state index in [1.165, 1.54) is 27.5 Å². The summed E-state index contributed by atoms with van der Waals surface area (Å²) in [4.78, 5) is 0. The number of methoxy groups -OCH3 is 1. The van der Waals surface area contributed by atoms with Crippen LogP contribution in [-0.4, -0.2) is 7.11 Å². The topological polar surface area (TPSA) is 9.23 Å². The van der Waals surface area contributed by atoms with Crippen LogP contribution in [0.3, 0.4) is 0 Å².